The van der Waals surface area contributed by atoms with E-state index >= 15 is 0 Å². The van der Waals surface area contributed by atoms with E-state index in [0.29, 0.717) is 12.4 Å². The number of aromatic nitrogens is 2. The third-order valence-electron chi connectivity index (χ3n) is 2.56. The van der Waals surface area contributed by atoms with Crippen LogP contribution in [-0.4, -0.2) is 21.0 Å². The van der Waals surface area contributed by atoms with Crippen molar-refractivity contribution in [3.8, 4) is 0 Å². The molecule has 0 unspecified atom stereocenters. The molecule has 0 saturated heterocycles. The minimum Gasteiger partial charge on any atom is -0.478 e. The third-order valence-corrected chi connectivity index (χ3v) is 2.56. The maximum atomic E-state index is 10.9. The van der Waals surface area contributed by atoms with E-state index in [4.69, 9.17) is 10.8 Å². The van der Waals surface area contributed by atoms with E-state index in [-0.39, 0.29) is 11.3 Å². The van der Waals surface area contributed by atoms with Gasteiger partial charge in [-0.2, -0.15) is 0 Å². The molecule has 4 N–H and O–H groups in total. The van der Waals surface area contributed by atoms with Crippen molar-refractivity contribution in [2.75, 3.05) is 11.1 Å². The lowest BCUT2D eigenvalue weighted by molar-refractivity contribution is 0.0698. The standard InChI is InChI=1S/C13H14N4O2/c1-8-3-2-4-9(17-8)6-15-12-5-10(13(18)19)11(14)7-16-12/h2-5,7H,6,14H2,1H3,(H,15,16)(H,18,19). The van der Waals surface area contributed by atoms with Gasteiger partial charge in [-0.25, -0.2) is 9.78 Å². The second-order valence-corrected chi connectivity index (χ2v) is 4.09. The quantitative estimate of drug-likeness (QED) is 0.771. The van der Waals surface area contributed by atoms with Gasteiger partial charge in [-0.3, -0.25) is 4.98 Å². The number of carbonyl (C=O) groups is 1. The number of hydrogen-bond donors (Lipinski definition) is 3. The number of aryl methyl sites for hydroxylation is 1. The third kappa shape index (κ3) is 3.19. The number of nitrogens with two attached hydrogens (primary N) is 1. The van der Waals surface area contributed by atoms with Crippen LogP contribution >= 0.6 is 0 Å². The fourth-order valence-corrected chi connectivity index (χ4v) is 1.63. The van der Waals surface area contributed by atoms with Crippen LogP contribution < -0.4 is 11.1 Å². The SMILES string of the molecule is Cc1cccc(CNc2cc(C(=O)O)c(N)cn2)n1. The Morgan fingerprint density at radius 2 is 2.26 bits per heavy atom. The molecule has 98 valence electrons. The van der Waals surface area contributed by atoms with Crippen molar-refractivity contribution < 1.29 is 9.90 Å². The molecule has 0 aromatic carbocycles. The Morgan fingerprint density at radius 1 is 1.47 bits per heavy atom. The molecule has 6 heteroatoms. The molecule has 6 nitrogen and oxygen atoms in total. The Balaban J connectivity index is 2.12. The lowest BCUT2D eigenvalue weighted by Crippen LogP contribution is -2.08. The Morgan fingerprint density at radius 3 is 2.95 bits per heavy atom. The van der Waals surface area contributed by atoms with Gasteiger partial charge in [-0.15, -0.1) is 0 Å². The van der Waals surface area contributed by atoms with E-state index in [1.807, 2.05) is 25.1 Å². The van der Waals surface area contributed by atoms with Crippen molar-refractivity contribution in [2.45, 2.75) is 13.5 Å². The molecule has 2 heterocycles. The number of nitrogens with one attached hydrogen (secondary N) is 1. The predicted molar refractivity (Wildman–Crippen MR) is 71.9 cm³/mol. The zero-order valence-corrected chi connectivity index (χ0v) is 10.4. The maximum absolute atomic E-state index is 10.9. The molecule has 2 aromatic heterocycles. The summed E-state index contributed by atoms with van der Waals surface area (Å²) in [5.74, 6) is -0.619. The van der Waals surface area contributed by atoms with Crippen LogP contribution in [0, 0.1) is 6.92 Å². The van der Waals surface area contributed by atoms with Crippen molar-refractivity contribution in [3.05, 3.63) is 47.4 Å². The summed E-state index contributed by atoms with van der Waals surface area (Å²) in [4.78, 5) is 19.3. The highest BCUT2D eigenvalue weighted by Gasteiger charge is 2.09. The first kappa shape index (κ1) is 12.8. The summed E-state index contributed by atoms with van der Waals surface area (Å²) < 4.78 is 0. The van der Waals surface area contributed by atoms with Crippen LogP contribution in [0.3, 0.4) is 0 Å². The summed E-state index contributed by atoms with van der Waals surface area (Å²) >= 11 is 0. The fourth-order valence-electron chi connectivity index (χ4n) is 1.63. The highest BCUT2D eigenvalue weighted by molar-refractivity contribution is 5.94. The lowest BCUT2D eigenvalue weighted by Gasteiger charge is -2.07. The van der Waals surface area contributed by atoms with E-state index in [1.165, 1.54) is 12.3 Å². The van der Waals surface area contributed by atoms with Gasteiger partial charge in [0.2, 0.25) is 0 Å². The van der Waals surface area contributed by atoms with Gasteiger partial charge in [-0.05, 0) is 25.1 Å². The zero-order chi connectivity index (χ0) is 13.8. The number of aromatic carboxylic acids is 1. The number of carboxylic acids is 1. The highest BCUT2D eigenvalue weighted by Crippen LogP contribution is 2.15. The zero-order valence-electron chi connectivity index (χ0n) is 10.4. The summed E-state index contributed by atoms with van der Waals surface area (Å²) in [7, 11) is 0. The van der Waals surface area contributed by atoms with Gasteiger partial charge in [-0.1, -0.05) is 6.07 Å². The van der Waals surface area contributed by atoms with Gasteiger partial charge in [0.15, 0.2) is 0 Å². The molecule has 2 aromatic rings. The molecular weight excluding hydrogens is 244 g/mol. The number of nitrogen functional groups attached to an aromatic ring is 1. The summed E-state index contributed by atoms with van der Waals surface area (Å²) in [6.45, 7) is 2.38. The largest absolute Gasteiger partial charge is 0.478 e. The van der Waals surface area contributed by atoms with Crippen molar-refractivity contribution >= 4 is 17.5 Å². The molecule has 0 bridgehead atoms. The van der Waals surface area contributed by atoms with Crippen molar-refractivity contribution in [1.29, 1.82) is 0 Å². The average molecular weight is 258 g/mol. The Bertz CT molecular complexity index is 613. The second kappa shape index (κ2) is 5.34. The molecule has 0 fully saturated rings. The van der Waals surface area contributed by atoms with Crippen LogP contribution in [0.5, 0.6) is 0 Å². The van der Waals surface area contributed by atoms with Crippen LogP contribution in [0.15, 0.2) is 30.5 Å². The van der Waals surface area contributed by atoms with E-state index in [2.05, 4.69) is 15.3 Å². The van der Waals surface area contributed by atoms with Crippen LogP contribution in [0.4, 0.5) is 11.5 Å². The first-order valence-corrected chi connectivity index (χ1v) is 5.71. The molecule has 0 amide bonds. The molecule has 2 rings (SSSR count). The first-order valence-electron chi connectivity index (χ1n) is 5.71. The van der Waals surface area contributed by atoms with Gasteiger partial charge in [0.05, 0.1) is 29.7 Å². The number of hydrogen-bond acceptors (Lipinski definition) is 5. The minimum atomic E-state index is -1.07. The van der Waals surface area contributed by atoms with Gasteiger partial charge < -0.3 is 16.2 Å². The number of nitrogens with zero attached hydrogens (tertiary/aromatic N) is 2. The molecule has 0 aliphatic carbocycles. The van der Waals surface area contributed by atoms with Crippen molar-refractivity contribution in [2.24, 2.45) is 0 Å². The van der Waals surface area contributed by atoms with E-state index in [9.17, 15) is 4.79 Å². The predicted octanol–water partition coefficient (Wildman–Crippen LogP) is 1.68. The first-order chi connectivity index (χ1) is 9.06. The van der Waals surface area contributed by atoms with Gasteiger partial charge in [0, 0.05) is 5.69 Å². The van der Waals surface area contributed by atoms with E-state index < -0.39 is 5.97 Å². The summed E-state index contributed by atoms with van der Waals surface area (Å²) in [5, 5.41) is 12.0. The monoisotopic (exact) mass is 258 g/mol. The highest BCUT2D eigenvalue weighted by atomic mass is 16.4. The molecule has 19 heavy (non-hydrogen) atoms. The molecule has 0 radical (unpaired) electrons. The smallest absolute Gasteiger partial charge is 0.337 e. The minimum absolute atomic E-state index is 0.0368. The van der Waals surface area contributed by atoms with E-state index in [0.717, 1.165) is 11.4 Å². The van der Waals surface area contributed by atoms with Crippen molar-refractivity contribution in [1.82, 2.24) is 9.97 Å². The number of anilines is 2. The summed E-state index contributed by atoms with van der Waals surface area (Å²) in [6.07, 6.45) is 1.33. The normalized spacial score (nSPS) is 10.2. The summed E-state index contributed by atoms with van der Waals surface area (Å²) in [6, 6.07) is 7.12. The van der Waals surface area contributed by atoms with Crippen LogP contribution in [0.25, 0.3) is 0 Å². The van der Waals surface area contributed by atoms with Crippen LogP contribution in [0.2, 0.25) is 0 Å². The fraction of sp³-hybridized carbons (Fsp3) is 0.154. The number of rotatable bonds is 4. The summed E-state index contributed by atoms with van der Waals surface area (Å²) in [5.41, 5.74) is 7.50. The van der Waals surface area contributed by atoms with Gasteiger partial charge in [0.1, 0.15) is 5.82 Å². The number of pyridine rings is 2. The van der Waals surface area contributed by atoms with Crippen molar-refractivity contribution in [3.63, 3.8) is 0 Å². The molecule has 0 saturated carbocycles. The lowest BCUT2D eigenvalue weighted by atomic mass is 10.2. The molecule has 0 atom stereocenters. The Hall–Kier alpha value is -2.63. The average Bonchev–Trinajstić information content (AvgIpc) is 2.37. The molecule has 0 aliphatic rings. The maximum Gasteiger partial charge on any atom is 0.337 e. The second-order valence-electron chi connectivity index (χ2n) is 4.09. The molecule has 0 spiro atoms. The topological polar surface area (TPSA) is 101 Å². The number of carboxylic acid groups (broad SMARTS) is 1. The molecule has 0 aliphatic heterocycles. The molecular formula is C13H14N4O2. The van der Waals surface area contributed by atoms with E-state index in [1.54, 1.807) is 0 Å². The Kier molecular flexibility index (Phi) is 3.61. The van der Waals surface area contributed by atoms with Gasteiger partial charge in [0.25, 0.3) is 0 Å². The van der Waals surface area contributed by atoms with Crippen LogP contribution in [-0.2, 0) is 6.54 Å². The van der Waals surface area contributed by atoms with Crippen LogP contribution in [0.1, 0.15) is 21.7 Å². The van der Waals surface area contributed by atoms with Gasteiger partial charge >= 0.3 is 5.97 Å². The Labute approximate surface area is 110 Å².